The van der Waals surface area contributed by atoms with Gasteiger partial charge in [-0.05, 0) is 140 Å². The van der Waals surface area contributed by atoms with E-state index < -0.39 is 61.5 Å². The van der Waals surface area contributed by atoms with Crippen molar-refractivity contribution < 1.29 is 40.5 Å². The molecular weight excluding hydrogens is 634 g/mol. The van der Waals surface area contributed by atoms with E-state index in [4.69, 9.17) is 10.5 Å². The maximum Gasteiger partial charge on any atom is 0.144 e. The number of fused-ring (bicyclic) bond motifs is 7. The van der Waals surface area contributed by atoms with Crippen LogP contribution in [0.5, 0.6) is 0 Å². The maximum absolute atomic E-state index is 10.9. The standard InChI is InChI=1S/C41H73NO8/c1-23(9-10-26(44)32(46)27(45)21-50-35-31(42)33(47)34(48)41(35,49)22-43)24-13-18-37(4)25(24)14-19-39(6)29(37)11-12-30-38(5)17-8-16-36(2,3)28(38)15-20-40(30,39)7/h23-35,43-49H,8-22,42H2,1-7H3/t23?,24-,25+,26?,27?,28+,29-,30-,31?,32?,33?,34?,35?,37+,38+,39-,40-,41?/m1/s1. The Labute approximate surface area is 301 Å². The molecule has 0 amide bonds. The van der Waals surface area contributed by atoms with E-state index in [1.54, 1.807) is 0 Å². The van der Waals surface area contributed by atoms with E-state index in [-0.39, 0.29) is 0 Å². The van der Waals surface area contributed by atoms with Gasteiger partial charge in [0.05, 0.1) is 25.4 Å². The molecule has 6 aliphatic carbocycles. The molecule has 0 aromatic heterocycles. The summed E-state index contributed by atoms with van der Waals surface area (Å²) in [5.74, 6) is 4.03. The number of aliphatic hydroxyl groups is 7. The van der Waals surface area contributed by atoms with E-state index in [0.717, 1.165) is 24.2 Å². The summed E-state index contributed by atoms with van der Waals surface area (Å²) in [5.41, 5.74) is 5.67. The van der Waals surface area contributed by atoms with Crippen LogP contribution < -0.4 is 5.73 Å². The molecule has 9 N–H and O–H groups in total. The van der Waals surface area contributed by atoms with Crippen LogP contribution >= 0.6 is 0 Å². The predicted octanol–water partition coefficient (Wildman–Crippen LogP) is 4.15. The van der Waals surface area contributed by atoms with Gasteiger partial charge < -0.3 is 46.2 Å². The van der Waals surface area contributed by atoms with Crippen molar-refractivity contribution in [2.45, 2.75) is 180 Å². The molecule has 6 aliphatic rings. The van der Waals surface area contributed by atoms with Crippen LogP contribution in [0.15, 0.2) is 0 Å². The van der Waals surface area contributed by atoms with Crippen molar-refractivity contribution in [3.05, 3.63) is 0 Å². The second-order valence-corrected chi connectivity index (χ2v) is 20.4. The molecule has 0 aromatic carbocycles. The molecule has 50 heavy (non-hydrogen) atoms. The number of aliphatic hydroxyl groups excluding tert-OH is 6. The molecule has 9 unspecified atom stereocenters. The van der Waals surface area contributed by atoms with Crippen molar-refractivity contribution in [2.75, 3.05) is 13.2 Å². The van der Waals surface area contributed by atoms with Gasteiger partial charge in [-0.1, -0.05) is 54.9 Å². The molecule has 9 nitrogen and oxygen atoms in total. The summed E-state index contributed by atoms with van der Waals surface area (Å²) in [6.07, 6.45) is 7.11. The second kappa shape index (κ2) is 13.4. The fourth-order valence-electron chi connectivity index (χ4n) is 15.0. The number of rotatable bonds is 10. The highest BCUT2D eigenvalue weighted by Crippen LogP contribution is 2.78. The summed E-state index contributed by atoms with van der Waals surface area (Å²) in [4.78, 5) is 0. The lowest BCUT2D eigenvalue weighted by Gasteiger charge is -2.73. The maximum atomic E-state index is 10.9. The number of hydrogen-bond donors (Lipinski definition) is 8. The molecule has 18 atom stereocenters. The normalized spacial score (nSPS) is 52.3. The summed E-state index contributed by atoms with van der Waals surface area (Å²) in [6, 6.07) is -1.20. The van der Waals surface area contributed by atoms with Crippen LogP contribution in [0.25, 0.3) is 0 Å². The van der Waals surface area contributed by atoms with Crippen molar-refractivity contribution in [2.24, 2.45) is 68.3 Å². The quantitative estimate of drug-likeness (QED) is 0.166. The van der Waals surface area contributed by atoms with Gasteiger partial charge in [0.2, 0.25) is 0 Å². The fraction of sp³-hybridized carbons (Fsp3) is 1.00. The third kappa shape index (κ3) is 5.72. The van der Waals surface area contributed by atoms with Gasteiger partial charge in [0.15, 0.2) is 0 Å². The fourth-order valence-corrected chi connectivity index (χ4v) is 15.0. The minimum Gasteiger partial charge on any atom is -0.393 e. The predicted molar refractivity (Wildman–Crippen MR) is 193 cm³/mol. The zero-order valence-electron chi connectivity index (χ0n) is 32.2. The highest BCUT2D eigenvalue weighted by atomic mass is 16.5. The first-order valence-electron chi connectivity index (χ1n) is 20.3. The molecule has 0 heterocycles. The Morgan fingerprint density at radius 2 is 1.36 bits per heavy atom. The monoisotopic (exact) mass is 708 g/mol. The Morgan fingerprint density at radius 3 is 2.00 bits per heavy atom. The lowest BCUT2D eigenvalue weighted by Crippen LogP contribution is -2.65. The van der Waals surface area contributed by atoms with Crippen molar-refractivity contribution in [3.8, 4) is 0 Å². The minimum absolute atomic E-state index is 0.327. The van der Waals surface area contributed by atoms with Gasteiger partial charge in [-0.3, -0.25) is 0 Å². The number of hydrogen-bond acceptors (Lipinski definition) is 9. The van der Waals surface area contributed by atoms with Gasteiger partial charge in [-0.15, -0.1) is 0 Å². The molecule has 0 aromatic rings. The molecule has 6 fully saturated rings. The molecular formula is C41H73NO8. The van der Waals surface area contributed by atoms with E-state index in [0.29, 0.717) is 51.2 Å². The van der Waals surface area contributed by atoms with Gasteiger partial charge >= 0.3 is 0 Å². The minimum atomic E-state index is -2.20. The summed E-state index contributed by atoms with van der Waals surface area (Å²) < 4.78 is 5.53. The van der Waals surface area contributed by atoms with E-state index in [2.05, 4.69) is 48.5 Å². The SMILES string of the molecule is CC(CCC(O)C(O)C(O)COC1C(N)C(O)C(O)C1(O)CO)[C@H]1CC[C@]2(C)[C@H]3CC[C@@H]4[C@@]5(C)CCCC(C)(C)[C@@H]5CC[C@@]4(C)[C@]3(C)CC[C@@H]12. The third-order valence-corrected chi connectivity index (χ3v) is 18.0. The van der Waals surface area contributed by atoms with Gasteiger partial charge in [0.1, 0.15) is 36.1 Å². The van der Waals surface area contributed by atoms with E-state index in [1.165, 1.54) is 70.6 Å². The second-order valence-electron chi connectivity index (χ2n) is 20.4. The van der Waals surface area contributed by atoms with Crippen LogP contribution in [0, 0.1) is 62.6 Å². The zero-order valence-corrected chi connectivity index (χ0v) is 32.2. The van der Waals surface area contributed by atoms with E-state index in [1.807, 2.05) is 0 Å². The van der Waals surface area contributed by atoms with Crippen LogP contribution in [0.4, 0.5) is 0 Å². The number of ether oxygens (including phenoxy) is 1. The summed E-state index contributed by atoms with van der Waals surface area (Å²) in [7, 11) is 0. The summed E-state index contributed by atoms with van der Waals surface area (Å²) in [5, 5.41) is 72.9. The Balaban J connectivity index is 1.06. The first-order valence-corrected chi connectivity index (χ1v) is 20.3. The average Bonchev–Trinajstić information content (AvgIpc) is 3.49. The highest BCUT2D eigenvalue weighted by molar-refractivity contribution is 5.19. The van der Waals surface area contributed by atoms with Gasteiger partial charge in [-0.2, -0.15) is 0 Å². The van der Waals surface area contributed by atoms with Crippen LogP contribution in [0.3, 0.4) is 0 Å². The lowest BCUT2D eigenvalue weighted by molar-refractivity contribution is -0.241. The third-order valence-electron chi connectivity index (χ3n) is 18.0. The average molecular weight is 708 g/mol. The van der Waals surface area contributed by atoms with E-state index >= 15 is 0 Å². The van der Waals surface area contributed by atoms with Crippen LogP contribution in [0.2, 0.25) is 0 Å². The largest absolute Gasteiger partial charge is 0.393 e. The van der Waals surface area contributed by atoms with Crippen molar-refractivity contribution in [3.63, 3.8) is 0 Å². The molecule has 9 heteroatoms. The van der Waals surface area contributed by atoms with E-state index in [9.17, 15) is 35.7 Å². The first kappa shape index (κ1) is 39.3. The molecule has 0 aliphatic heterocycles. The Morgan fingerprint density at radius 1 is 0.740 bits per heavy atom. The van der Waals surface area contributed by atoms with Crippen molar-refractivity contribution in [1.29, 1.82) is 0 Å². The topological polar surface area (TPSA) is 177 Å². The van der Waals surface area contributed by atoms with Gasteiger partial charge in [0.25, 0.3) is 0 Å². The molecule has 6 rings (SSSR count). The Bertz CT molecular complexity index is 1220. The highest BCUT2D eigenvalue weighted by Gasteiger charge is 2.70. The molecule has 290 valence electrons. The molecule has 0 spiro atoms. The van der Waals surface area contributed by atoms with Gasteiger partial charge in [0, 0.05) is 0 Å². The smallest absolute Gasteiger partial charge is 0.144 e. The summed E-state index contributed by atoms with van der Waals surface area (Å²) in [6.45, 7) is 16.8. The Kier molecular flexibility index (Phi) is 10.6. The van der Waals surface area contributed by atoms with Crippen molar-refractivity contribution >= 4 is 0 Å². The summed E-state index contributed by atoms with van der Waals surface area (Å²) >= 11 is 0. The zero-order chi connectivity index (χ0) is 36.8. The van der Waals surface area contributed by atoms with Crippen LogP contribution in [-0.2, 0) is 4.74 Å². The first-order chi connectivity index (χ1) is 23.2. The Hall–Kier alpha value is -0.360. The molecule has 0 radical (unpaired) electrons. The molecule has 0 saturated heterocycles. The van der Waals surface area contributed by atoms with Crippen LogP contribution in [0.1, 0.15) is 132 Å². The molecule has 0 bridgehead atoms. The number of nitrogens with two attached hydrogens (primary N) is 1. The van der Waals surface area contributed by atoms with Crippen molar-refractivity contribution in [1.82, 2.24) is 0 Å². The lowest BCUT2D eigenvalue weighted by atomic mass is 9.32. The van der Waals surface area contributed by atoms with Crippen LogP contribution in [-0.4, -0.2) is 97.2 Å². The molecule has 6 saturated carbocycles. The van der Waals surface area contributed by atoms with Gasteiger partial charge in [-0.25, -0.2) is 0 Å².